The van der Waals surface area contributed by atoms with E-state index in [0.717, 1.165) is 49.0 Å². The molecule has 0 spiro atoms. The number of anilines is 1. The normalized spacial score (nSPS) is 18.0. The van der Waals surface area contributed by atoms with E-state index in [4.69, 9.17) is 9.47 Å². The van der Waals surface area contributed by atoms with Crippen LogP contribution in [-0.2, 0) is 16.0 Å². The summed E-state index contributed by atoms with van der Waals surface area (Å²) in [6.45, 7) is 4.53. The molecule has 0 aromatic heterocycles. The summed E-state index contributed by atoms with van der Waals surface area (Å²) < 4.78 is 11.3. The standard InChI is InChI=1S/C32H36N2O4/c1-21-7-6-10-25(19-21)30-29-20-28(38-22(2)31(35)33-26-12-15-27(37-3)16-13-26)14-11-23(29)17-18-34(30)32(36)24-8-4-5-9-24/h6-7,10-16,19-20,22,24,30H,4-5,8-9,17-18H2,1-3H3,(H,33,35). The van der Waals surface area contributed by atoms with E-state index in [9.17, 15) is 9.59 Å². The van der Waals surface area contributed by atoms with Gasteiger partial charge in [0, 0.05) is 18.2 Å². The topological polar surface area (TPSA) is 67.9 Å². The lowest BCUT2D eigenvalue weighted by Crippen LogP contribution is -2.43. The second-order valence-corrected chi connectivity index (χ2v) is 10.4. The molecule has 1 heterocycles. The summed E-state index contributed by atoms with van der Waals surface area (Å²) in [4.78, 5) is 28.6. The van der Waals surface area contributed by atoms with Crippen LogP contribution in [0.5, 0.6) is 11.5 Å². The highest BCUT2D eigenvalue weighted by molar-refractivity contribution is 5.94. The van der Waals surface area contributed by atoms with Crippen molar-refractivity contribution in [3.8, 4) is 11.5 Å². The lowest BCUT2D eigenvalue weighted by Gasteiger charge is -2.39. The Labute approximate surface area is 225 Å². The summed E-state index contributed by atoms with van der Waals surface area (Å²) >= 11 is 0. The molecule has 1 aliphatic carbocycles. The number of rotatable bonds is 7. The zero-order valence-electron chi connectivity index (χ0n) is 22.4. The van der Waals surface area contributed by atoms with Gasteiger partial charge in [-0.2, -0.15) is 0 Å². The fraction of sp³-hybridized carbons (Fsp3) is 0.375. The highest BCUT2D eigenvalue weighted by Crippen LogP contribution is 2.40. The molecular weight excluding hydrogens is 476 g/mol. The number of ether oxygens (including phenoxy) is 2. The quantitative estimate of drug-likeness (QED) is 0.417. The molecule has 1 aliphatic heterocycles. The highest BCUT2D eigenvalue weighted by Gasteiger charge is 2.36. The van der Waals surface area contributed by atoms with Crippen molar-refractivity contribution >= 4 is 17.5 Å². The Morgan fingerprint density at radius 2 is 1.71 bits per heavy atom. The molecule has 2 aliphatic rings. The van der Waals surface area contributed by atoms with Crippen LogP contribution in [0.15, 0.2) is 66.7 Å². The maximum atomic E-state index is 13.7. The largest absolute Gasteiger partial charge is 0.497 e. The van der Waals surface area contributed by atoms with E-state index in [2.05, 4.69) is 47.5 Å². The predicted molar refractivity (Wildman–Crippen MR) is 149 cm³/mol. The second kappa shape index (κ2) is 11.3. The monoisotopic (exact) mass is 512 g/mol. The van der Waals surface area contributed by atoms with Gasteiger partial charge in [-0.25, -0.2) is 0 Å². The van der Waals surface area contributed by atoms with Gasteiger partial charge in [-0.1, -0.05) is 48.7 Å². The van der Waals surface area contributed by atoms with Gasteiger partial charge < -0.3 is 19.7 Å². The van der Waals surface area contributed by atoms with Crippen molar-refractivity contribution in [2.75, 3.05) is 19.0 Å². The van der Waals surface area contributed by atoms with Crippen LogP contribution in [0.4, 0.5) is 5.69 Å². The predicted octanol–water partition coefficient (Wildman–Crippen LogP) is 6.07. The summed E-state index contributed by atoms with van der Waals surface area (Å²) in [5.74, 6) is 1.49. The molecule has 38 heavy (non-hydrogen) atoms. The first kappa shape index (κ1) is 25.8. The van der Waals surface area contributed by atoms with E-state index in [0.29, 0.717) is 18.0 Å². The number of hydrogen-bond acceptors (Lipinski definition) is 4. The minimum Gasteiger partial charge on any atom is -0.497 e. The molecule has 0 bridgehead atoms. The Morgan fingerprint density at radius 1 is 0.974 bits per heavy atom. The maximum Gasteiger partial charge on any atom is 0.265 e. The molecule has 1 saturated carbocycles. The molecule has 2 unspecified atom stereocenters. The van der Waals surface area contributed by atoms with Crippen LogP contribution in [0.1, 0.15) is 60.9 Å². The van der Waals surface area contributed by atoms with Gasteiger partial charge in [0.2, 0.25) is 5.91 Å². The Kier molecular flexibility index (Phi) is 7.68. The third-order valence-electron chi connectivity index (χ3n) is 7.73. The molecule has 1 N–H and O–H groups in total. The van der Waals surface area contributed by atoms with Gasteiger partial charge in [0.05, 0.1) is 13.2 Å². The van der Waals surface area contributed by atoms with Crippen molar-refractivity contribution in [1.82, 2.24) is 4.90 Å². The Hall–Kier alpha value is -3.80. The Balaban J connectivity index is 1.39. The first-order valence-corrected chi connectivity index (χ1v) is 13.5. The van der Waals surface area contributed by atoms with E-state index in [1.165, 1.54) is 11.1 Å². The average Bonchev–Trinajstić information content (AvgIpc) is 3.47. The minimum absolute atomic E-state index is 0.116. The number of fused-ring (bicyclic) bond motifs is 1. The van der Waals surface area contributed by atoms with Crippen LogP contribution >= 0.6 is 0 Å². The van der Waals surface area contributed by atoms with Gasteiger partial charge in [-0.15, -0.1) is 0 Å². The number of nitrogens with zero attached hydrogens (tertiary/aromatic N) is 1. The van der Waals surface area contributed by atoms with Crippen LogP contribution in [0, 0.1) is 12.8 Å². The lowest BCUT2D eigenvalue weighted by atomic mass is 9.86. The molecule has 1 fully saturated rings. The molecule has 3 aromatic carbocycles. The molecule has 6 nitrogen and oxygen atoms in total. The van der Waals surface area contributed by atoms with Crippen LogP contribution in [0.3, 0.4) is 0 Å². The smallest absolute Gasteiger partial charge is 0.265 e. The number of aryl methyl sites for hydroxylation is 1. The molecule has 6 heteroatoms. The summed E-state index contributed by atoms with van der Waals surface area (Å²) in [5.41, 5.74) is 5.25. The van der Waals surface area contributed by atoms with Crippen molar-refractivity contribution in [2.24, 2.45) is 5.92 Å². The number of carbonyl (C=O) groups excluding carboxylic acids is 2. The summed E-state index contributed by atoms with van der Waals surface area (Å²) in [6, 6.07) is 21.5. The van der Waals surface area contributed by atoms with E-state index in [1.54, 1.807) is 38.3 Å². The molecule has 2 amide bonds. The first-order chi connectivity index (χ1) is 18.4. The Morgan fingerprint density at radius 3 is 2.42 bits per heavy atom. The van der Waals surface area contributed by atoms with Crippen molar-refractivity contribution < 1.29 is 19.1 Å². The summed E-state index contributed by atoms with van der Waals surface area (Å²) in [5, 5.41) is 2.90. The van der Waals surface area contributed by atoms with Gasteiger partial charge in [-0.3, -0.25) is 9.59 Å². The van der Waals surface area contributed by atoms with E-state index >= 15 is 0 Å². The van der Waals surface area contributed by atoms with Gasteiger partial charge >= 0.3 is 0 Å². The summed E-state index contributed by atoms with van der Waals surface area (Å²) in [7, 11) is 1.61. The van der Waals surface area contributed by atoms with E-state index < -0.39 is 6.10 Å². The fourth-order valence-electron chi connectivity index (χ4n) is 5.69. The number of methoxy groups -OCH3 is 1. The van der Waals surface area contributed by atoms with Gasteiger partial charge in [-0.05, 0) is 86.2 Å². The molecule has 2 atom stereocenters. The average molecular weight is 513 g/mol. The van der Waals surface area contributed by atoms with E-state index in [-0.39, 0.29) is 23.8 Å². The van der Waals surface area contributed by atoms with Crippen LogP contribution in [0.2, 0.25) is 0 Å². The molecule has 0 radical (unpaired) electrons. The molecular formula is C32H36N2O4. The number of amides is 2. The van der Waals surface area contributed by atoms with E-state index in [1.807, 2.05) is 12.1 Å². The maximum absolute atomic E-state index is 13.7. The minimum atomic E-state index is -0.701. The molecule has 0 saturated heterocycles. The third kappa shape index (κ3) is 5.54. The summed E-state index contributed by atoms with van der Waals surface area (Å²) in [6.07, 6.45) is 4.32. The third-order valence-corrected chi connectivity index (χ3v) is 7.73. The van der Waals surface area contributed by atoms with Gasteiger partial charge in [0.15, 0.2) is 6.10 Å². The van der Waals surface area contributed by atoms with Gasteiger partial charge in [0.25, 0.3) is 5.91 Å². The van der Waals surface area contributed by atoms with Crippen molar-refractivity contribution in [3.63, 3.8) is 0 Å². The first-order valence-electron chi connectivity index (χ1n) is 13.5. The van der Waals surface area contributed by atoms with Crippen LogP contribution in [0.25, 0.3) is 0 Å². The lowest BCUT2D eigenvalue weighted by molar-refractivity contribution is -0.137. The van der Waals surface area contributed by atoms with Crippen molar-refractivity contribution in [3.05, 3.63) is 89.0 Å². The van der Waals surface area contributed by atoms with Crippen molar-refractivity contribution in [2.45, 2.75) is 58.1 Å². The zero-order chi connectivity index (χ0) is 26.6. The molecule has 5 rings (SSSR count). The number of hydrogen-bond donors (Lipinski definition) is 1. The molecule has 3 aromatic rings. The number of carbonyl (C=O) groups is 2. The van der Waals surface area contributed by atoms with Crippen molar-refractivity contribution in [1.29, 1.82) is 0 Å². The van der Waals surface area contributed by atoms with Crippen LogP contribution < -0.4 is 14.8 Å². The SMILES string of the molecule is COc1ccc(NC(=O)C(C)Oc2ccc3c(c2)C(c2cccc(C)c2)N(C(=O)C2CCCC2)CC3)cc1. The number of nitrogens with one attached hydrogen (secondary N) is 1. The fourth-order valence-corrected chi connectivity index (χ4v) is 5.69. The van der Waals surface area contributed by atoms with Gasteiger partial charge in [0.1, 0.15) is 11.5 Å². The second-order valence-electron chi connectivity index (χ2n) is 10.4. The number of benzene rings is 3. The molecule has 198 valence electrons. The Bertz CT molecular complexity index is 1300. The highest BCUT2D eigenvalue weighted by atomic mass is 16.5. The van der Waals surface area contributed by atoms with Crippen LogP contribution in [-0.4, -0.2) is 36.5 Å². The zero-order valence-corrected chi connectivity index (χ0v) is 22.4.